The highest BCUT2D eigenvalue weighted by Gasteiger charge is 2.20. The Hall–Kier alpha value is -3.44. The van der Waals surface area contributed by atoms with E-state index in [0.717, 1.165) is 15.6 Å². The molecule has 0 bridgehead atoms. The van der Waals surface area contributed by atoms with E-state index in [9.17, 15) is 13.2 Å². The molecule has 0 saturated heterocycles. The van der Waals surface area contributed by atoms with Gasteiger partial charge >= 0.3 is 0 Å². The Morgan fingerprint density at radius 1 is 1.15 bits per heavy atom. The molecule has 2 aromatic carbocycles. The highest BCUT2D eigenvalue weighted by Crippen LogP contribution is 2.28. The van der Waals surface area contributed by atoms with Gasteiger partial charge in [0.1, 0.15) is 11.5 Å². The van der Waals surface area contributed by atoms with Crippen molar-refractivity contribution >= 4 is 21.6 Å². The van der Waals surface area contributed by atoms with Crippen LogP contribution in [0, 0.1) is 0 Å². The maximum Gasteiger partial charge on any atom is 0.242 e. The normalized spacial score (nSPS) is 11.4. The van der Waals surface area contributed by atoms with E-state index in [1.165, 1.54) is 39.4 Å². The first-order chi connectivity index (χ1) is 15.7. The summed E-state index contributed by atoms with van der Waals surface area (Å²) in [6, 6.07) is 11.6. The summed E-state index contributed by atoms with van der Waals surface area (Å²) < 4.78 is 41.8. The van der Waals surface area contributed by atoms with Gasteiger partial charge < -0.3 is 19.3 Å². The average molecular weight is 475 g/mol. The van der Waals surface area contributed by atoms with Crippen LogP contribution in [0.25, 0.3) is 11.4 Å². The topological polar surface area (TPSA) is 124 Å². The molecule has 3 rings (SSSR count). The molecule has 0 radical (unpaired) electrons. The van der Waals surface area contributed by atoms with Crippen molar-refractivity contribution in [1.82, 2.24) is 14.4 Å². The van der Waals surface area contributed by atoms with Gasteiger partial charge in [0, 0.05) is 32.5 Å². The number of rotatable bonds is 10. The first-order valence-corrected chi connectivity index (χ1v) is 11.6. The number of hydrogen-bond acceptors (Lipinski definition) is 8. The monoisotopic (exact) mass is 474 g/mol. The summed E-state index contributed by atoms with van der Waals surface area (Å²) in [6.45, 7) is 2.49. The number of carbonyl (C=O) groups excluding carboxylic acids is 1. The second-order valence-corrected chi connectivity index (χ2v) is 9.32. The molecular weight excluding hydrogens is 448 g/mol. The molecule has 0 fully saturated rings. The second-order valence-electron chi connectivity index (χ2n) is 7.17. The molecule has 1 N–H and O–H groups in total. The van der Waals surface area contributed by atoms with Crippen LogP contribution in [0.4, 0.5) is 5.69 Å². The van der Waals surface area contributed by atoms with Gasteiger partial charge in [-0.15, -0.1) is 0 Å². The van der Waals surface area contributed by atoms with Gasteiger partial charge in [0.15, 0.2) is 0 Å². The number of amides is 1. The zero-order chi connectivity index (χ0) is 24.0. The number of nitrogens with zero attached hydrogens (tertiary/aromatic N) is 3. The van der Waals surface area contributed by atoms with Crippen LogP contribution in [0.3, 0.4) is 0 Å². The predicted octanol–water partition coefficient (Wildman–Crippen LogP) is 2.97. The lowest BCUT2D eigenvalue weighted by molar-refractivity contribution is -0.116. The van der Waals surface area contributed by atoms with Crippen molar-refractivity contribution in [3.63, 3.8) is 0 Å². The summed E-state index contributed by atoms with van der Waals surface area (Å²) in [4.78, 5) is 16.9. The zero-order valence-electron chi connectivity index (χ0n) is 18.9. The minimum atomic E-state index is -3.66. The van der Waals surface area contributed by atoms with Crippen molar-refractivity contribution in [2.75, 3.05) is 33.1 Å². The van der Waals surface area contributed by atoms with Gasteiger partial charge in [0.25, 0.3) is 0 Å². The number of carbonyl (C=O) groups is 1. The Bertz CT molecular complexity index is 1210. The fraction of sp³-hybridized carbons (Fsp3) is 0.318. The Labute approximate surface area is 192 Å². The van der Waals surface area contributed by atoms with Gasteiger partial charge in [-0.1, -0.05) is 5.16 Å². The summed E-state index contributed by atoms with van der Waals surface area (Å²) in [5.41, 5.74) is 1.02. The maximum atomic E-state index is 12.5. The molecule has 1 amide bonds. The zero-order valence-corrected chi connectivity index (χ0v) is 19.7. The number of benzene rings is 2. The van der Waals surface area contributed by atoms with E-state index in [1.807, 2.05) is 31.2 Å². The quantitative estimate of drug-likeness (QED) is 0.476. The Morgan fingerprint density at radius 2 is 1.88 bits per heavy atom. The number of ether oxygens (including phenoxy) is 2. The molecule has 0 unspecified atom stereocenters. The van der Waals surface area contributed by atoms with Crippen LogP contribution >= 0.6 is 0 Å². The number of aryl methyl sites for hydroxylation is 1. The molecule has 0 saturated carbocycles. The van der Waals surface area contributed by atoms with E-state index >= 15 is 0 Å². The standard InChI is InChI=1S/C22H26N4O6S/c1-5-31-16-8-6-15(7-9-16)22-24-21(32-25-22)13-12-20(27)23-18-14-17(10-11-19(18)30-4)33(28,29)26(2)3/h6-11,14H,5,12-13H2,1-4H3,(H,23,27). The molecule has 0 atom stereocenters. The smallest absolute Gasteiger partial charge is 0.242 e. The van der Waals surface area contributed by atoms with Crippen molar-refractivity contribution in [2.45, 2.75) is 24.7 Å². The number of hydrogen-bond donors (Lipinski definition) is 1. The van der Waals surface area contributed by atoms with Gasteiger partial charge in [-0.3, -0.25) is 4.79 Å². The fourth-order valence-corrected chi connectivity index (χ4v) is 3.86. The largest absolute Gasteiger partial charge is 0.495 e. The predicted molar refractivity (Wildman–Crippen MR) is 122 cm³/mol. The molecule has 1 heterocycles. The molecule has 33 heavy (non-hydrogen) atoms. The van der Waals surface area contributed by atoms with Gasteiger partial charge in [-0.05, 0) is 49.4 Å². The van der Waals surface area contributed by atoms with E-state index in [0.29, 0.717) is 24.1 Å². The number of methoxy groups -OCH3 is 1. The van der Waals surface area contributed by atoms with Crippen LogP contribution in [-0.2, 0) is 21.2 Å². The van der Waals surface area contributed by atoms with Gasteiger partial charge in [-0.2, -0.15) is 4.98 Å². The number of aromatic nitrogens is 2. The van der Waals surface area contributed by atoms with E-state index < -0.39 is 10.0 Å². The highest BCUT2D eigenvalue weighted by molar-refractivity contribution is 7.89. The minimum Gasteiger partial charge on any atom is -0.495 e. The van der Waals surface area contributed by atoms with Crippen LogP contribution in [0.2, 0.25) is 0 Å². The van der Waals surface area contributed by atoms with Crippen molar-refractivity contribution in [3.8, 4) is 22.9 Å². The molecule has 176 valence electrons. The van der Waals surface area contributed by atoms with Gasteiger partial charge in [-0.25, -0.2) is 12.7 Å². The van der Waals surface area contributed by atoms with Crippen LogP contribution in [0.1, 0.15) is 19.2 Å². The van der Waals surface area contributed by atoms with Crippen LogP contribution in [0.5, 0.6) is 11.5 Å². The highest BCUT2D eigenvalue weighted by atomic mass is 32.2. The summed E-state index contributed by atoms with van der Waals surface area (Å²) in [7, 11) is 0.645. The van der Waals surface area contributed by atoms with E-state index in [4.69, 9.17) is 14.0 Å². The Kier molecular flexibility index (Phi) is 7.67. The third-order valence-corrected chi connectivity index (χ3v) is 6.49. The second kappa shape index (κ2) is 10.5. The molecule has 3 aromatic rings. The molecule has 0 aliphatic carbocycles. The maximum absolute atomic E-state index is 12.5. The number of sulfonamides is 1. The summed E-state index contributed by atoms with van der Waals surface area (Å²) in [5, 5.41) is 6.65. The van der Waals surface area contributed by atoms with Crippen molar-refractivity contribution in [1.29, 1.82) is 0 Å². The molecule has 11 heteroatoms. The van der Waals surface area contributed by atoms with Crippen LogP contribution < -0.4 is 14.8 Å². The molecule has 1 aromatic heterocycles. The van der Waals surface area contributed by atoms with E-state index in [1.54, 1.807) is 0 Å². The summed E-state index contributed by atoms with van der Waals surface area (Å²) in [6.07, 6.45) is 0.270. The van der Waals surface area contributed by atoms with Gasteiger partial charge in [0.2, 0.25) is 27.6 Å². The number of nitrogens with one attached hydrogen (secondary N) is 1. The minimum absolute atomic E-state index is 0.0421. The van der Waals surface area contributed by atoms with Crippen LogP contribution in [-0.4, -0.2) is 56.6 Å². The van der Waals surface area contributed by atoms with E-state index in [2.05, 4.69) is 15.5 Å². The number of anilines is 1. The molecule has 0 spiro atoms. The lowest BCUT2D eigenvalue weighted by Gasteiger charge is -2.15. The molecular formula is C22H26N4O6S. The van der Waals surface area contributed by atoms with Crippen LogP contribution in [0.15, 0.2) is 51.9 Å². The SMILES string of the molecule is CCOc1ccc(-c2noc(CCC(=O)Nc3cc(S(=O)(=O)N(C)C)ccc3OC)n2)cc1. The van der Waals surface area contributed by atoms with Crippen molar-refractivity contribution in [2.24, 2.45) is 0 Å². The summed E-state index contributed by atoms with van der Waals surface area (Å²) >= 11 is 0. The third kappa shape index (κ3) is 5.88. The van der Waals surface area contributed by atoms with Gasteiger partial charge in [0.05, 0.1) is 24.3 Å². The molecule has 0 aliphatic rings. The third-order valence-electron chi connectivity index (χ3n) is 4.68. The first-order valence-electron chi connectivity index (χ1n) is 10.2. The Morgan fingerprint density at radius 3 is 2.52 bits per heavy atom. The fourth-order valence-electron chi connectivity index (χ4n) is 2.93. The Balaban J connectivity index is 1.65. The lowest BCUT2D eigenvalue weighted by Crippen LogP contribution is -2.22. The summed E-state index contributed by atoms with van der Waals surface area (Å²) in [5.74, 6) is 1.46. The van der Waals surface area contributed by atoms with Crippen molar-refractivity contribution in [3.05, 3.63) is 48.4 Å². The molecule has 0 aliphatic heterocycles. The van der Waals surface area contributed by atoms with Crippen molar-refractivity contribution < 1.29 is 27.2 Å². The average Bonchev–Trinajstić information content (AvgIpc) is 3.27. The lowest BCUT2D eigenvalue weighted by atomic mass is 10.2. The first kappa shape index (κ1) is 24.2. The van der Waals surface area contributed by atoms with E-state index in [-0.39, 0.29) is 29.3 Å². The molecule has 10 nitrogen and oxygen atoms in total.